The van der Waals surface area contributed by atoms with Gasteiger partial charge in [0.05, 0.1) is 0 Å². The third kappa shape index (κ3) is 2.72. The number of hydrogen-bond donors (Lipinski definition) is 1. The molecule has 3 heteroatoms. The minimum Gasteiger partial charge on any atom is -0.370 e. The first-order valence-corrected chi connectivity index (χ1v) is 5.17. The Morgan fingerprint density at radius 3 is 2.60 bits per heavy atom. The number of benzene rings is 1. The molecule has 0 spiro atoms. The molecule has 0 aliphatic heterocycles. The number of aryl methyl sites for hydroxylation is 2. The molecule has 0 unspecified atom stereocenters. The minimum atomic E-state index is 0.560. The number of aliphatic imine (C=N–C) groups is 1. The van der Waals surface area contributed by atoms with E-state index in [2.05, 4.69) is 37.0 Å². The molecule has 1 rings (SSSR count). The number of rotatable bonds is 2. The molecule has 82 valence electrons. The summed E-state index contributed by atoms with van der Waals surface area (Å²) < 4.78 is 0. The van der Waals surface area contributed by atoms with Gasteiger partial charge in [-0.2, -0.15) is 0 Å². The van der Waals surface area contributed by atoms with Gasteiger partial charge in [0.1, 0.15) is 0 Å². The molecule has 0 amide bonds. The highest BCUT2D eigenvalue weighted by Crippen LogP contribution is 2.19. The average Bonchev–Trinajstić information content (AvgIpc) is 2.17. The predicted octanol–water partition coefficient (Wildman–Crippen LogP) is 2.07. The van der Waals surface area contributed by atoms with Crippen LogP contribution in [0.25, 0.3) is 0 Å². The Morgan fingerprint density at radius 2 is 2.07 bits per heavy atom. The predicted molar refractivity (Wildman–Crippen MR) is 66.5 cm³/mol. The number of nitrogens with two attached hydrogens (primary N) is 1. The van der Waals surface area contributed by atoms with Crippen molar-refractivity contribution in [2.45, 2.75) is 20.8 Å². The second-order valence-electron chi connectivity index (χ2n) is 3.68. The first-order valence-electron chi connectivity index (χ1n) is 5.17. The van der Waals surface area contributed by atoms with Crippen LogP contribution < -0.4 is 10.6 Å². The van der Waals surface area contributed by atoms with Gasteiger partial charge in [0.25, 0.3) is 0 Å². The van der Waals surface area contributed by atoms with Crippen LogP contribution in [0.2, 0.25) is 0 Å². The van der Waals surface area contributed by atoms with E-state index in [0.717, 1.165) is 5.69 Å². The van der Waals surface area contributed by atoms with Crippen molar-refractivity contribution < 1.29 is 0 Å². The van der Waals surface area contributed by atoms with Gasteiger partial charge < -0.3 is 10.6 Å². The van der Waals surface area contributed by atoms with Gasteiger partial charge in [-0.3, -0.25) is 4.99 Å². The third-order valence-corrected chi connectivity index (χ3v) is 2.38. The Kier molecular flexibility index (Phi) is 3.72. The summed E-state index contributed by atoms with van der Waals surface area (Å²) in [6, 6.07) is 6.30. The van der Waals surface area contributed by atoms with Gasteiger partial charge in [-0.25, -0.2) is 0 Å². The van der Waals surface area contributed by atoms with Crippen molar-refractivity contribution >= 4 is 11.6 Å². The largest absolute Gasteiger partial charge is 0.370 e. The van der Waals surface area contributed by atoms with E-state index in [4.69, 9.17) is 5.73 Å². The number of nitrogens with zero attached hydrogens (tertiary/aromatic N) is 2. The topological polar surface area (TPSA) is 41.6 Å². The van der Waals surface area contributed by atoms with Crippen LogP contribution in [0, 0.1) is 13.8 Å². The van der Waals surface area contributed by atoms with Crippen LogP contribution in [0.3, 0.4) is 0 Å². The molecule has 0 aromatic heterocycles. The van der Waals surface area contributed by atoms with E-state index in [9.17, 15) is 0 Å². The normalized spacial score (nSPS) is 11.6. The molecule has 0 saturated heterocycles. The summed E-state index contributed by atoms with van der Waals surface area (Å²) in [5.41, 5.74) is 9.42. The number of guanidine groups is 1. The molecule has 1 aromatic rings. The fraction of sp³-hybridized carbons (Fsp3) is 0.417. The molecule has 0 saturated carbocycles. The van der Waals surface area contributed by atoms with Crippen molar-refractivity contribution in [3.05, 3.63) is 29.3 Å². The Labute approximate surface area is 91.6 Å². The smallest absolute Gasteiger partial charge is 0.195 e. The van der Waals surface area contributed by atoms with Crippen LogP contribution in [-0.2, 0) is 0 Å². The average molecular weight is 205 g/mol. The molecule has 0 aliphatic carbocycles. The van der Waals surface area contributed by atoms with E-state index in [0.29, 0.717) is 12.5 Å². The van der Waals surface area contributed by atoms with Gasteiger partial charge in [0.15, 0.2) is 5.96 Å². The van der Waals surface area contributed by atoms with Gasteiger partial charge >= 0.3 is 0 Å². The molecule has 15 heavy (non-hydrogen) atoms. The van der Waals surface area contributed by atoms with Crippen molar-refractivity contribution in [2.75, 3.05) is 18.5 Å². The van der Waals surface area contributed by atoms with E-state index >= 15 is 0 Å². The lowest BCUT2D eigenvalue weighted by atomic mass is 10.1. The van der Waals surface area contributed by atoms with Crippen molar-refractivity contribution in [1.29, 1.82) is 0 Å². The highest BCUT2D eigenvalue weighted by Gasteiger charge is 2.07. The van der Waals surface area contributed by atoms with Crippen LogP contribution in [-0.4, -0.2) is 19.6 Å². The Bertz CT molecular complexity index is 369. The fourth-order valence-electron chi connectivity index (χ4n) is 1.57. The lowest BCUT2D eigenvalue weighted by molar-refractivity contribution is 1.08. The molecular weight excluding hydrogens is 186 g/mol. The van der Waals surface area contributed by atoms with Gasteiger partial charge in [0, 0.05) is 19.3 Å². The minimum absolute atomic E-state index is 0.560. The van der Waals surface area contributed by atoms with Gasteiger partial charge in [0.2, 0.25) is 0 Å². The maximum atomic E-state index is 5.84. The fourth-order valence-corrected chi connectivity index (χ4v) is 1.57. The molecule has 0 aliphatic rings. The van der Waals surface area contributed by atoms with Crippen LogP contribution in [0.4, 0.5) is 5.69 Å². The molecule has 2 N–H and O–H groups in total. The summed E-state index contributed by atoms with van der Waals surface area (Å²) in [5, 5.41) is 0. The Hall–Kier alpha value is -1.51. The molecular formula is C12H19N3. The van der Waals surface area contributed by atoms with Crippen LogP contribution in [0.5, 0.6) is 0 Å². The summed E-state index contributed by atoms with van der Waals surface area (Å²) in [6.45, 7) is 6.85. The molecule has 3 nitrogen and oxygen atoms in total. The van der Waals surface area contributed by atoms with Gasteiger partial charge in [-0.05, 0) is 32.4 Å². The van der Waals surface area contributed by atoms with Crippen molar-refractivity contribution in [1.82, 2.24) is 0 Å². The lowest BCUT2D eigenvalue weighted by Crippen LogP contribution is -2.34. The summed E-state index contributed by atoms with van der Waals surface area (Å²) in [6.07, 6.45) is 0. The van der Waals surface area contributed by atoms with E-state index in [-0.39, 0.29) is 0 Å². The van der Waals surface area contributed by atoms with Crippen molar-refractivity contribution in [2.24, 2.45) is 10.7 Å². The first kappa shape index (κ1) is 11.6. The van der Waals surface area contributed by atoms with Crippen LogP contribution >= 0.6 is 0 Å². The zero-order valence-electron chi connectivity index (χ0n) is 9.91. The third-order valence-electron chi connectivity index (χ3n) is 2.38. The standard InChI is InChI=1S/C12H19N3/c1-5-14-12(13)15(4)11-7-6-9(2)8-10(11)3/h6-8H,5H2,1-4H3,(H2,13,14). The summed E-state index contributed by atoms with van der Waals surface area (Å²) in [5.74, 6) is 0.560. The summed E-state index contributed by atoms with van der Waals surface area (Å²) in [7, 11) is 1.94. The first-order chi connectivity index (χ1) is 7.06. The molecule has 1 aromatic carbocycles. The van der Waals surface area contributed by atoms with E-state index in [1.165, 1.54) is 11.1 Å². The Morgan fingerprint density at radius 1 is 1.40 bits per heavy atom. The molecule has 0 fully saturated rings. The molecule has 0 atom stereocenters. The maximum absolute atomic E-state index is 5.84. The zero-order valence-corrected chi connectivity index (χ0v) is 9.91. The molecule has 0 bridgehead atoms. The number of hydrogen-bond acceptors (Lipinski definition) is 1. The molecule has 0 radical (unpaired) electrons. The van der Waals surface area contributed by atoms with Crippen LogP contribution in [0.15, 0.2) is 23.2 Å². The quantitative estimate of drug-likeness (QED) is 0.593. The highest BCUT2D eigenvalue weighted by atomic mass is 15.2. The van der Waals surface area contributed by atoms with E-state index < -0.39 is 0 Å². The number of anilines is 1. The van der Waals surface area contributed by atoms with E-state index in [1.54, 1.807) is 0 Å². The van der Waals surface area contributed by atoms with Gasteiger partial charge in [-0.1, -0.05) is 17.7 Å². The van der Waals surface area contributed by atoms with E-state index in [1.807, 2.05) is 18.9 Å². The lowest BCUT2D eigenvalue weighted by Gasteiger charge is -2.20. The SMILES string of the molecule is CCN=C(N)N(C)c1ccc(C)cc1C. The van der Waals surface area contributed by atoms with Crippen molar-refractivity contribution in [3.8, 4) is 0 Å². The monoisotopic (exact) mass is 205 g/mol. The summed E-state index contributed by atoms with van der Waals surface area (Å²) >= 11 is 0. The van der Waals surface area contributed by atoms with Gasteiger partial charge in [-0.15, -0.1) is 0 Å². The summed E-state index contributed by atoms with van der Waals surface area (Å²) in [4.78, 5) is 6.10. The molecule has 0 heterocycles. The second kappa shape index (κ2) is 4.82. The highest BCUT2D eigenvalue weighted by molar-refractivity contribution is 5.94. The van der Waals surface area contributed by atoms with Crippen molar-refractivity contribution in [3.63, 3.8) is 0 Å². The zero-order chi connectivity index (χ0) is 11.4. The maximum Gasteiger partial charge on any atom is 0.195 e. The van der Waals surface area contributed by atoms with Crippen LogP contribution in [0.1, 0.15) is 18.1 Å². The second-order valence-corrected chi connectivity index (χ2v) is 3.68. The Balaban J connectivity index is 3.01.